The summed E-state index contributed by atoms with van der Waals surface area (Å²) in [7, 11) is 0. The second kappa shape index (κ2) is 10.2. The molecule has 25 heavy (non-hydrogen) atoms. The van der Waals surface area contributed by atoms with E-state index in [1.807, 2.05) is 24.4 Å². The van der Waals surface area contributed by atoms with Crippen LogP contribution >= 0.6 is 23.1 Å². The molecule has 1 heterocycles. The van der Waals surface area contributed by atoms with E-state index in [9.17, 15) is 9.59 Å². The third-order valence-electron chi connectivity index (χ3n) is 3.43. The number of thioether (sulfide) groups is 1. The van der Waals surface area contributed by atoms with E-state index >= 15 is 0 Å². The monoisotopic (exact) mass is 378 g/mol. The zero-order valence-electron chi connectivity index (χ0n) is 14.4. The van der Waals surface area contributed by atoms with Crippen LogP contribution in [0.4, 0.5) is 0 Å². The van der Waals surface area contributed by atoms with Crippen LogP contribution in [-0.4, -0.2) is 29.5 Å². The van der Waals surface area contributed by atoms with E-state index in [-0.39, 0.29) is 18.6 Å². The topological polar surface area (TPSA) is 68.3 Å². The van der Waals surface area contributed by atoms with Crippen molar-refractivity contribution < 1.29 is 14.3 Å². The first kappa shape index (κ1) is 19.5. The van der Waals surface area contributed by atoms with Gasteiger partial charge >= 0.3 is 5.97 Å². The van der Waals surface area contributed by atoms with Crippen LogP contribution in [0, 0.1) is 0 Å². The van der Waals surface area contributed by atoms with Crippen molar-refractivity contribution >= 4 is 35.0 Å². The predicted molar refractivity (Wildman–Crippen MR) is 101 cm³/mol. The maximum Gasteiger partial charge on any atom is 0.339 e. The van der Waals surface area contributed by atoms with Crippen LogP contribution in [0.3, 0.4) is 0 Å². The number of hydrogen-bond donors (Lipinski definition) is 1. The molecule has 0 saturated carbocycles. The Morgan fingerprint density at radius 3 is 2.88 bits per heavy atom. The summed E-state index contributed by atoms with van der Waals surface area (Å²) in [5, 5.41) is 4.80. The van der Waals surface area contributed by atoms with Gasteiger partial charge in [0.05, 0.1) is 16.8 Å². The first-order valence-electron chi connectivity index (χ1n) is 8.15. The second-order valence-corrected chi connectivity index (χ2v) is 7.33. The van der Waals surface area contributed by atoms with Crippen molar-refractivity contribution in [1.82, 2.24) is 10.3 Å². The molecule has 1 atom stereocenters. The number of thiazole rings is 1. The van der Waals surface area contributed by atoms with Gasteiger partial charge in [0.1, 0.15) is 0 Å². The lowest BCUT2D eigenvalue weighted by molar-refractivity contribution is -0.124. The average Bonchev–Trinajstić information content (AvgIpc) is 3.12. The van der Waals surface area contributed by atoms with E-state index < -0.39 is 5.97 Å². The fourth-order valence-electron chi connectivity index (χ4n) is 2.25. The molecule has 0 aliphatic rings. The number of esters is 1. The van der Waals surface area contributed by atoms with Gasteiger partial charge in [0.25, 0.3) is 5.91 Å². The number of amides is 1. The molecule has 1 N–H and O–H groups in total. The van der Waals surface area contributed by atoms with Gasteiger partial charge in [0, 0.05) is 22.1 Å². The van der Waals surface area contributed by atoms with Gasteiger partial charge in [0.15, 0.2) is 6.61 Å². The van der Waals surface area contributed by atoms with Crippen molar-refractivity contribution in [2.45, 2.75) is 43.4 Å². The van der Waals surface area contributed by atoms with Crippen LogP contribution in [0.25, 0.3) is 0 Å². The molecule has 0 aliphatic heterocycles. The number of nitrogens with zero attached hydrogens (tertiary/aromatic N) is 1. The highest BCUT2D eigenvalue weighted by molar-refractivity contribution is 7.98. The minimum atomic E-state index is -0.486. The van der Waals surface area contributed by atoms with Crippen molar-refractivity contribution in [3.8, 4) is 0 Å². The Kier molecular flexibility index (Phi) is 7.94. The Hall–Kier alpha value is -1.86. The minimum absolute atomic E-state index is 0.0807. The van der Waals surface area contributed by atoms with E-state index in [4.69, 9.17) is 4.74 Å². The van der Waals surface area contributed by atoms with Gasteiger partial charge in [-0.3, -0.25) is 4.79 Å². The molecular formula is C18H22N2O3S2. The first-order chi connectivity index (χ1) is 12.1. The highest BCUT2D eigenvalue weighted by Crippen LogP contribution is 2.26. The molecule has 1 amide bonds. The maximum atomic E-state index is 12.3. The van der Waals surface area contributed by atoms with E-state index in [1.54, 1.807) is 29.0 Å². The molecule has 0 spiro atoms. The smallest absolute Gasteiger partial charge is 0.339 e. The molecule has 1 unspecified atom stereocenters. The Morgan fingerprint density at radius 2 is 2.16 bits per heavy atom. The normalized spacial score (nSPS) is 11.8. The SMILES string of the molecule is CCCC(C)NC(=O)COC(=O)c1ccccc1SCc1cscn1. The third-order valence-corrected chi connectivity index (χ3v) is 5.17. The standard InChI is InChI=1S/C18H22N2O3S2/c1-3-6-13(2)20-17(21)9-23-18(22)15-7-4-5-8-16(15)25-11-14-10-24-12-19-14/h4-5,7-8,10,12-13H,3,6,9,11H2,1-2H3,(H,20,21). The Balaban J connectivity index is 1.89. The lowest BCUT2D eigenvalue weighted by Crippen LogP contribution is -2.35. The molecule has 0 aliphatic carbocycles. The summed E-state index contributed by atoms with van der Waals surface area (Å²) in [6.07, 6.45) is 1.89. The van der Waals surface area contributed by atoms with Gasteiger partial charge in [-0.15, -0.1) is 23.1 Å². The molecule has 7 heteroatoms. The lowest BCUT2D eigenvalue weighted by atomic mass is 10.2. The molecule has 1 aromatic heterocycles. The summed E-state index contributed by atoms with van der Waals surface area (Å²) in [6.45, 7) is 3.73. The number of ether oxygens (including phenoxy) is 1. The van der Waals surface area contributed by atoms with Crippen molar-refractivity contribution in [3.63, 3.8) is 0 Å². The molecule has 0 fully saturated rings. The number of carbonyl (C=O) groups is 2. The van der Waals surface area contributed by atoms with Gasteiger partial charge in [-0.25, -0.2) is 9.78 Å². The summed E-state index contributed by atoms with van der Waals surface area (Å²) in [5.74, 6) is -0.0791. The second-order valence-electron chi connectivity index (χ2n) is 5.60. The van der Waals surface area contributed by atoms with E-state index in [0.717, 1.165) is 23.4 Å². The largest absolute Gasteiger partial charge is 0.452 e. The molecular weight excluding hydrogens is 356 g/mol. The zero-order valence-corrected chi connectivity index (χ0v) is 16.0. The fourth-order valence-corrected chi connectivity index (χ4v) is 3.86. The summed E-state index contributed by atoms with van der Waals surface area (Å²) >= 11 is 3.07. The van der Waals surface area contributed by atoms with Crippen LogP contribution in [0.15, 0.2) is 40.1 Å². The van der Waals surface area contributed by atoms with Crippen molar-refractivity contribution in [3.05, 3.63) is 46.4 Å². The Morgan fingerprint density at radius 1 is 1.36 bits per heavy atom. The Bertz CT molecular complexity index is 689. The summed E-state index contributed by atoms with van der Waals surface area (Å²) in [6, 6.07) is 7.32. The van der Waals surface area contributed by atoms with Gasteiger partial charge in [-0.05, 0) is 25.5 Å². The van der Waals surface area contributed by atoms with Crippen molar-refractivity contribution in [2.24, 2.45) is 0 Å². The number of rotatable bonds is 9. The molecule has 0 radical (unpaired) electrons. The Labute approximate surface area is 156 Å². The van der Waals surface area contributed by atoms with Gasteiger partial charge in [-0.2, -0.15) is 0 Å². The highest BCUT2D eigenvalue weighted by Gasteiger charge is 2.15. The molecule has 134 valence electrons. The first-order valence-corrected chi connectivity index (χ1v) is 10.1. The average molecular weight is 379 g/mol. The maximum absolute atomic E-state index is 12.3. The minimum Gasteiger partial charge on any atom is -0.452 e. The molecule has 1 aromatic carbocycles. The summed E-state index contributed by atoms with van der Waals surface area (Å²) < 4.78 is 5.17. The summed E-state index contributed by atoms with van der Waals surface area (Å²) in [5.41, 5.74) is 3.23. The molecule has 0 bridgehead atoms. The number of benzene rings is 1. The van der Waals surface area contributed by atoms with Crippen LogP contribution in [0.2, 0.25) is 0 Å². The van der Waals surface area contributed by atoms with Crippen molar-refractivity contribution in [2.75, 3.05) is 6.61 Å². The van der Waals surface area contributed by atoms with Gasteiger partial charge < -0.3 is 10.1 Å². The van der Waals surface area contributed by atoms with Gasteiger partial charge in [0.2, 0.25) is 0 Å². The van der Waals surface area contributed by atoms with E-state index in [2.05, 4.69) is 17.2 Å². The molecule has 5 nitrogen and oxygen atoms in total. The third kappa shape index (κ3) is 6.51. The van der Waals surface area contributed by atoms with E-state index in [0.29, 0.717) is 11.3 Å². The highest BCUT2D eigenvalue weighted by atomic mass is 32.2. The van der Waals surface area contributed by atoms with Crippen LogP contribution < -0.4 is 5.32 Å². The van der Waals surface area contributed by atoms with Crippen LogP contribution in [0.5, 0.6) is 0 Å². The molecule has 2 rings (SSSR count). The van der Waals surface area contributed by atoms with Crippen molar-refractivity contribution in [1.29, 1.82) is 0 Å². The predicted octanol–water partition coefficient (Wildman–Crippen LogP) is 3.90. The fraction of sp³-hybridized carbons (Fsp3) is 0.389. The van der Waals surface area contributed by atoms with Gasteiger partial charge in [-0.1, -0.05) is 25.5 Å². The number of hydrogen-bond acceptors (Lipinski definition) is 6. The number of nitrogens with one attached hydrogen (secondary N) is 1. The van der Waals surface area contributed by atoms with Crippen LogP contribution in [0.1, 0.15) is 42.7 Å². The number of aromatic nitrogens is 1. The lowest BCUT2D eigenvalue weighted by Gasteiger charge is -2.13. The number of carbonyl (C=O) groups excluding carboxylic acids is 2. The van der Waals surface area contributed by atoms with E-state index in [1.165, 1.54) is 11.8 Å². The summed E-state index contributed by atoms with van der Waals surface area (Å²) in [4.78, 5) is 29.2. The zero-order chi connectivity index (χ0) is 18.1. The quantitative estimate of drug-likeness (QED) is 0.529. The molecule has 2 aromatic rings. The van der Waals surface area contributed by atoms with Crippen LogP contribution in [-0.2, 0) is 15.3 Å². The molecule has 0 saturated heterocycles.